The quantitative estimate of drug-likeness (QED) is 0.261. The first kappa shape index (κ1) is 12.1. The largest absolute Gasteiger partial charge is 0.305 e. The number of carbonyl (C=O) groups is 2. The number of carbonyl (C=O) groups excluding carboxylic acids is 2. The van der Waals surface area contributed by atoms with E-state index >= 15 is 0 Å². The van der Waals surface area contributed by atoms with E-state index in [1.54, 1.807) is 24.3 Å². The van der Waals surface area contributed by atoms with Gasteiger partial charge in [-0.1, -0.05) is 17.2 Å². The van der Waals surface area contributed by atoms with Gasteiger partial charge in [-0.15, -0.1) is 0 Å². The zero-order chi connectivity index (χ0) is 13.0. The maximum Gasteiger partial charge on any atom is 0.299 e. The lowest BCUT2D eigenvalue weighted by atomic mass is 10.1. The molecule has 0 N–H and O–H groups in total. The third kappa shape index (κ3) is 2.19. The minimum Gasteiger partial charge on any atom is -0.305 e. The summed E-state index contributed by atoms with van der Waals surface area (Å²) in [6.07, 6.45) is 1.40. The number of benzene rings is 1. The van der Waals surface area contributed by atoms with Crippen LogP contribution in [0.15, 0.2) is 29.4 Å². The lowest BCUT2D eigenvalue weighted by Gasteiger charge is -2.15. The van der Waals surface area contributed by atoms with Crippen molar-refractivity contribution in [3.8, 4) is 0 Å². The summed E-state index contributed by atoms with van der Waals surface area (Å²) in [6.45, 7) is 0.886. The van der Waals surface area contributed by atoms with Crippen LogP contribution in [0.3, 0.4) is 0 Å². The van der Waals surface area contributed by atoms with Crippen LogP contribution < -0.4 is 4.90 Å². The van der Waals surface area contributed by atoms with Gasteiger partial charge in [0.15, 0.2) is 0 Å². The summed E-state index contributed by atoms with van der Waals surface area (Å²) in [6, 6.07) is 6.98. The van der Waals surface area contributed by atoms with Crippen molar-refractivity contribution in [1.82, 2.24) is 0 Å². The highest BCUT2D eigenvalue weighted by molar-refractivity contribution is 6.52. The first-order valence-electron chi connectivity index (χ1n) is 5.72. The number of Topliss-reactive ketones (excluding diaryl/α,β-unsaturated/α-hetero) is 1. The van der Waals surface area contributed by atoms with Crippen molar-refractivity contribution in [2.75, 3.05) is 18.0 Å². The Labute approximate surface area is 104 Å². The van der Waals surface area contributed by atoms with Crippen LogP contribution in [-0.4, -0.2) is 24.8 Å². The van der Waals surface area contributed by atoms with E-state index in [0.717, 1.165) is 0 Å². The van der Waals surface area contributed by atoms with Crippen molar-refractivity contribution in [3.63, 3.8) is 0 Å². The van der Waals surface area contributed by atoms with Gasteiger partial charge in [-0.3, -0.25) is 9.59 Å². The number of hydrogen-bond acceptors (Lipinski definition) is 3. The maximum atomic E-state index is 11.8. The number of unbranched alkanes of at least 4 members (excludes halogenated alkanes) is 1. The van der Waals surface area contributed by atoms with Crippen molar-refractivity contribution in [1.29, 1.82) is 0 Å². The van der Waals surface area contributed by atoms with Gasteiger partial charge in [0.25, 0.3) is 11.7 Å². The van der Waals surface area contributed by atoms with Gasteiger partial charge in [0.2, 0.25) is 0 Å². The SMILES string of the molecule is [N-]=[N+]=NCCCCN1C(=O)C(=O)c2ccccc21. The lowest BCUT2D eigenvalue weighted by Crippen LogP contribution is -2.30. The van der Waals surface area contributed by atoms with E-state index < -0.39 is 11.7 Å². The summed E-state index contributed by atoms with van der Waals surface area (Å²) < 4.78 is 0. The second-order valence-electron chi connectivity index (χ2n) is 3.96. The molecule has 0 aliphatic carbocycles. The molecule has 1 aromatic carbocycles. The van der Waals surface area contributed by atoms with Gasteiger partial charge in [-0.2, -0.15) is 0 Å². The van der Waals surface area contributed by atoms with Crippen LogP contribution in [0, 0.1) is 0 Å². The molecule has 0 spiro atoms. The van der Waals surface area contributed by atoms with Gasteiger partial charge in [0, 0.05) is 18.0 Å². The maximum absolute atomic E-state index is 11.8. The molecule has 0 bridgehead atoms. The first-order chi connectivity index (χ1) is 8.75. The standard InChI is InChI=1S/C12H12N4O2/c13-15-14-7-3-4-8-16-10-6-2-1-5-9(10)11(17)12(16)18/h1-2,5-6H,3-4,7-8H2. The van der Waals surface area contributed by atoms with Crippen LogP contribution in [0.5, 0.6) is 0 Å². The van der Waals surface area contributed by atoms with Crippen LogP contribution in [0.1, 0.15) is 23.2 Å². The molecule has 0 unspecified atom stereocenters. The Bertz CT molecular complexity index is 535. The molecule has 0 saturated carbocycles. The summed E-state index contributed by atoms with van der Waals surface area (Å²) in [5.41, 5.74) is 9.28. The Kier molecular flexibility index (Phi) is 3.60. The summed E-state index contributed by atoms with van der Waals surface area (Å²) >= 11 is 0. The van der Waals surface area contributed by atoms with E-state index in [1.807, 2.05) is 0 Å². The molecule has 1 aliphatic rings. The fourth-order valence-corrected chi connectivity index (χ4v) is 1.97. The molecular formula is C12H12N4O2. The van der Waals surface area contributed by atoms with Crippen molar-refractivity contribution in [2.24, 2.45) is 5.11 Å². The smallest absolute Gasteiger partial charge is 0.299 e. The van der Waals surface area contributed by atoms with Gasteiger partial charge in [-0.25, -0.2) is 0 Å². The average Bonchev–Trinajstić information content (AvgIpc) is 2.64. The average molecular weight is 244 g/mol. The zero-order valence-corrected chi connectivity index (χ0v) is 9.74. The predicted octanol–water partition coefficient (Wildman–Crippen LogP) is 2.31. The molecule has 0 saturated heterocycles. The molecule has 92 valence electrons. The Morgan fingerprint density at radius 1 is 1.22 bits per heavy atom. The van der Waals surface area contributed by atoms with Crippen LogP contribution in [0.4, 0.5) is 5.69 Å². The Balaban J connectivity index is 2.03. The minimum atomic E-state index is -0.472. The highest BCUT2D eigenvalue weighted by Gasteiger charge is 2.34. The number of ketones is 1. The first-order valence-corrected chi connectivity index (χ1v) is 5.72. The number of nitrogens with zero attached hydrogens (tertiary/aromatic N) is 4. The Morgan fingerprint density at radius 2 is 2.00 bits per heavy atom. The minimum absolute atomic E-state index is 0.411. The second-order valence-corrected chi connectivity index (χ2v) is 3.96. The molecule has 6 heteroatoms. The number of rotatable bonds is 5. The Hall–Kier alpha value is -2.33. The molecular weight excluding hydrogens is 232 g/mol. The van der Waals surface area contributed by atoms with Crippen molar-refractivity contribution < 1.29 is 9.59 Å². The van der Waals surface area contributed by atoms with E-state index in [0.29, 0.717) is 37.2 Å². The molecule has 1 aliphatic heterocycles. The van der Waals surface area contributed by atoms with Crippen molar-refractivity contribution in [2.45, 2.75) is 12.8 Å². The van der Waals surface area contributed by atoms with Crippen LogP contribution >= 0.6 is 0 Å². The molecule has 0 aromatic heterocycles. The van der Waals surface area contributed by atoms with Crippen LogP contribution in [0.2, 0.25) is 0 Å². The molecule has 1 aromatic rings. The van der Waals surface area contributed by atoms with Crippen LogP contribution in [-0.2, 0) is 4.79 Å². The van der Waals surface area contributed by atoms with Gasteiger partial charge in [0.1, 0.15) is 0 Å². The summed E-state index contributed by atoms with van der Waals surface area (Å²) in [7, 11) is 0. The third-order valence-electron chi connectivity index (χ3n) is 2.83. The topological polar surface area (TPSA) is 86.1 Å². The molecule has 2 rings (SSSR count). The van der Waals surface area contributed by atoms with Crippen LogP contribution in [0.25, 0.3) is 10.4 Å². The van der Waals surface area contributed by atoms with Gasteiger partial charge in [-0.05, 0) is 30.5 Å². The lowest BCUT2D eigenvalue weighted by molar-refractivity contribution is -0.114. The molecule has 0 atom stereocenters. The highest BCUT2D eigenvalue weighted by atomic mass is 16.2. The van der Waals surface area contributed by atoms with E-state index in [-0.39, 0.29) is 0 Å². The van der Waals surface area contributed by atoms with Gasteiger partial charge >= 0.3 is 0 Å². The predicted molar refractivity (Wildman–Crippen MR) is 66.4 cm³/mol. The second kappa shape index (κ2) is 5.33. The van der Waals surface area contributed by atoms with Crippen molar-refractivity contribution in [3.05, 3.63) is 40.3 Å². The number of amides is 1. The molecule has 6 nitrogen and oxygen atoms in total. The van der Waals surface area contributed by atoms with E-state index in [2.05, 4.69) is 10.0 Å². The van der Waals surface area contributed by atoms with E-state index in [1.165, 1.54) is 4.90 Å². The highest BCUT2D eigenvalue weighted by Crippen LogP contribution is 2.28. The number of azide groups is 1. The monoisotopic (exact) mass is 244 g/mol. The zero-order valence-electron chi connectivity index (χ0n) is 9.74. The number of para-hydroxylation sites is 1. The van der Waals surface area contributed by atoms with E-state index in [9.17, 15) is 9.59 Å². The number of anilines is 1. The summed E-state index contributed by atoms with van der Waals surface area (Å²) in [5.74, 6) is -0.916. The van der Waals surface area contributed by atoms with Gasteiger partial charge < -0.3 is 4.90 Å². The third-order valence-corrected chi connectivity index (χ3v) is 2.83. The van der Waals surface area contributed by atoms with Crippen molar-refractivity contribution >= 4 is 17.4 Å². The number of fused-ring (bicyclic) bond motifs is 1. The molecule has 18 heavy (non-hydrogen) atoms. The molecule has 1 heterocycles. The Morgan fingerprint density at radius 3 is 2.78 bits per heavy atom. The molecule has 0 radical (unpaired) electrons. The fourth-order valence-electron chi connectivity index (χ4n) is 1.97. The normalized spacial score (nSPS) is 13.4. The summed E-state index contributed by atoms with van der Waals surface area (Å²) in [4.78, 5) is 27.6. The summed E-state index contributed by atoms with van der Waals surface area (Å²) in [5, 5.41) is 3.42. The van der Waals surface area contributed by atoms with E-state index in [4.69, 9.17) is 5.53 Å². The van der Waals surface area contributed by atoms with Gasteiger partial charge in [0.05, 0.1) is 11.3 Å². The number of hydrogen-bond donors (Lipinski definition) is 0. The molecule has 0 fully saturated rings. The molecule has 1 amide bonds. The fraction of sp³-hybridized carbons (Fsp3) is 0.333.